The number of ketones is 1. The highest BCUT2D eigenvalue weighted by Crippen LogP contribution is 2.15. The molecule has 0 amide bonds. The van der Waals surface area contributed by atoms with Crippen molar-refractivity contribution in [1.82, 2.24) is 5.27 Å². The third-order valence-electron chi connectivity index (χ3n) is 2.79. The second-order valence-electron chi connectivity index (χ2n) is 3.83. The molecule has 0 aromatic carbocycles. The second kappa shape index (κ2) is 3.88. The SMILES string of the molecule is CC(=O)C1CCN([n+]2cc([NH-])on2)CC1. The zero-order valence-corrected chi connectivity index (χ0v) is 8.64. The molecule has 6 heteroatoms. The molecule has 2 rings (SSSR count). The first-order valence-corrected chi connectivity index (χ1v) is 5.03. The number of hydrogen-bond acceptors (Lipinski definition) is 4. The minimum atomic E-state index is 0.0451. The summed E-state index contributed by atoms with van der Waals surface area (Å²) in [6.07, 6.45) is 3.22. The van der Waals surface area contributed by atoms with E-state index >= 15 is 0 Å². The molecule has 15 heavy (non-hydrogen) atoms. The Bertz CT molecular complexity index is 355. The molecule has 1 N–H and O–H groups in total. The molecule has 0 unspecified atom stereocenters. The van der Waals surface area contributed by atoms with Crippen LogP contribution >= 0.6 is 0 Å². The zero-order chi connectivity index (χ0) is 10.8. The van der Waals surface area contributed by atoms with E-state index < -0.39 is 0 Å². The summed E-state index contributed by atoms with van der Waals surface area (Å²) >= 11 is 0. The fourth-order valence-corrected chi connectivity index (χ4v) is 1.85. The van der Waals surface area contributed by atoms with Gasteiger partial charge in [0.05, 0.1) is 17.9 Å². The van der Waals surface area contributed by atoms with Crippen LogP contribution in [-0.2, 0) is 4.79 Å². The van der Waals surface area contributed by atoms with Gasteiger partial charge in [0.25, 0.3) is 6.20 Å². The highest BCUT2D eigenvalue weighted by Gasteiger charge is 2.27. The average molecular weight is 210 g/mol. The molecular formula is C9H14N4O2. The lowest BCUT2D eigenvalue weighted by molar-refractivity contribution is -0.759. The van der Waals surface area contributed by atoms with E-state index in [-0.39, 0.29) is 17.6 Å². The molecule has 1 aromatic heterocycles. The number of hydrogen-bond donors (Lipinski definition) is 0. The highest BCUT2D eigenvalue weighted by atomic mass is 16.5. The van der Waals surface area contributed by atoms with Gasteiger partial charge in [-0.1, -0.05) is 0 Å². The van der Waals surface area contributed by atoms with Crippen LogP contribution in [0.4, 0.5) is 5.88 Å². The average Bonchev–Trinajstić information content (AvgIpc) is 2.65. The van der Waals surface area contributed by atoms with Crippen LogP contribution in [0.2, 0.25) is 0 Å². The molecule has 1 saturated heterocycles. The van der Waals surface area contributed by atoms with E-state index in [1.807, 2.05) is 5.01 Å². The lowest BCUT2D eigenvalue weighted by Gasteiger charge is -2.24. The number of carbonyl (C=O) groups excluding carboxylic acids is 1. The molecule has 0 aliphatic carbocycles. The third kappa shape index (κ3) is 2.08. The van der Waals surface area contributed by atoms with Crippen molar-refractivity contribution in [3.05, 3.63) is 11.9 Å². The Morgan fingerprint density at radius 1 is 1.67 bits per heavy atom. The largest absolute Gasteiger partial charge is 0.660 e. The van der Waals surface area contributed by atoms with Gasteiger partial charge in [-0.3, -0.25) is 4.79 Å². The Morgan fingerprint density at radius 2 is 2.33 bits per heavy atom. The summed E-state index contributed by atoms with van der Waals surface area (Å²) < 4.78 is 4.66. The summed E-state index contributed by atoms with van der Waals surface area (Å²) in [5.74, 6) is 0.494. The van der Waals surface area contributed by atoms with Gasteiger partial charge in [-0.25, -0.2) is 0 Å². The Morgan fingerprint density at radius 3 is 2.80 bits per heavy atom. The molecule has 1 aliphatic heterocycles. The molecule has 6 nitrogen and oxygen atoms in total. The summed E-state index contributed by atoms with van der Waals surface area (Å²) in [5.41, 5.74) is 7.21. The van der Waals surface area contributed by atoms with Crippen molar-refractivity contribution in [3.8, 4) is 0 Å². The van der Waals surface area contributed by atoms with Crippen molar-refractivity contribution in [1.29, 1.82) is 0 Å². The van der Waals surface area contributed by atoms with Crippen LogP contribution in [0.3, 0.4) is 0 Å². The molecule has 0 spiro atoms. The van der Waals surface area contributed by atoms with Crippen LogP contribution in [0.1, 0.15) is 19.8 Å². The predicted molar refractivity (Wildman–Crippen MR) is 52.0 cm³/mol. The molecule has 82 valence electrons. The van der Waals surface area contributed by atoms with E-state index in [4.69, 9.17) is 5.73 Å². The van der Waals surface area contributed by atoms with Crippen molar-refractivity contribution >= 4 is 11.7 Å². The first kappa shape index (κ1) is 9.95. The molecule has 1 aromatic rings. The Labute approximate surface area is 87.6 Å². The van der Waals surface area contributed by atoms with Crippen LogP contribution in [0.5, 0.6) is 0 Å². The molecule has 0 bridgehead atoms. The first-order chi connectivity index (χ1) is 7.16. The fraction of sp³-hybridized carbons (Fsp3) is 0.667. The summed E-state index contributed by atoms with van der Waals surface area (Å²) in [6, 6.07) is 0. The van der Waals surface area contributed by atoms with Crippen LogP contribution in [0.15, 0.2) is 10.7 Å². The monoisotopic (exact) mass is 210 g/mol. The number of piperidine rings is 1. The number of carbonyl (C=O) groups is 1. The minimum Gasteiger partial charge on any atom is -0.660 e. The maximum absolute atomic E-state index is 11.2. The maximum atomic E-state index is 11.2. The number of rotatable bonds is 2. The Kier molecular flexibility index (Phi) is 2.57. The van der Waals surface area contributed by atoms with Crippen LogP contribution in [0, 0.1) is 5.92 Å². The van der Waals surface area contributed by atoms with Gasteiger partial charge in [-0.15, -0.1) is 0 Å². The van der Waals surface area contributed by atoms with Gasteiger partial charge < -0.3 is 10.3 Å². The normalized spacial score (nSPS) is 18.1. The van der Waals surface area contributed by atoms with Gasteiger partial charge in [-0.2, -0.15) is 5.01 Å². The lowest BCUT2D eigenvalue weighted by atomic mass is 9.94. The van der Waals surface area contributed by atoms with Gasteiger partial charge in [0.15, 0.2) is 0 Å². The highest BCUT2D eigenvalue weighted by molar-refractivity contribution is 5.78. The van der Waals surface area contributed by atoms with Gasteiger partial charge in [-0.05, 0) is 19.8 Å². The van der Waals surface area contributed by atoms with E-state index in [9.17, 15) is 4.79 Å². The second-order valence-corrected chi connectivity index (χ2v) is 3.83. The minimum absolute atomic E-state index is 0.0451. The van der Waals surface area contributed by atoms with Gasteiger partial charge in [0.2, 0.25) is 5.27 Å². The lowest BCUT2D eigenvalue weighted by Crippen LogP contribution is -2.61. The quantitative estimate of drug-likeness (QED) is 0.669. The van der Waals surface area contributed by atoms with Crippen molar-refractivity contribution in [2.24, 2.45) is 5.92 Å². The van der Waals surface area contributed by atoms with Crippen molar-refractivity contribution < 1.29 is 14.1 Å². The summed E-state index contributed by atoms with van der Waals surface area (Å²) in [6.45, 7) is 3.20. The standard InChI is InChI=1S/C9H14N4O2/c1-7(14)8-2-4-12(5-3-8)13-6-9(10)15-11-13/h6,8H,2-5H2,1H3,(H-,10,11). The zero-order valence-electron chi connectivity index (χ0n) is 8.64. The molecular weight excluding hydrogens is 196 g/mol. The van der Waals surface area contributed by atoms with E-state index in [0.717, 1.165) is 25.9 Å². The molecule has 0 atom stereocenters. The summed E-state index contributed by atoms with van der Waals surface area (Å²) in [4.78, 5) is 12.7. The van der Waals surface area contributed by atoms with Crippen molar-refractivity contribution in [2.75, 3.05) is 18.1 Å². The fourth-order valence-electron chi connectivity index (χ4n) is 1.85. The Balaban J connectivity index is 1.96. The molecule has 1 aliphatic rings. The van der Waals surface area contributed by atoms with Gasteiger partial charge >= 0.3 is 0 Å². The summed E-state index contributed by atoms with van der Waals surface area (Å²) in [7, 11) is 0. The third-order valence-corrected chi connectivity index (χ3v) is 2.79. The number of nitrogens with zero attached hydrogens (tertiary/aromatic N) is 3. The molecule has 2 heterocycles. The van der Waals surface area contributed by atoms with E-state index in [1.165, 1.54) is 6.20 Å². The number of nitrogens with one attached hydrogen (secondary N) is 1. The number of aromatic nitrogens is 2. The van der Waals surface area contributed by atoms with Crippen LogP contribution in [0.25, 0.3) is 5.73 Å². The molecule has 1 fully saturated rings. The van der Waals surface area contributed by atoms with Gasteiger partial charge in [0.1, 0.15) is 11.7 Å². The summed E-state index contributed by atoms with van der Waals surface area (Å²) in [5, 5.41) is 5.68. The van der Waals surface area contributed by atoms with Gasteiger partial charge in [0, 0.05) is 5.92 Å². The predicted octanol–water partition coefficient (Wildman–Crippen LogP) is 0.583. The maximum Gasteiger partial charge on any atom is 0.256 e. The first-order valence-electron chi connectivity index (χ1n) is 5.03. The van der Waals surface area contributed by atoms with Crippen LogP contribution in [-0.4, -0.2) is 24.1 Å². The van der Waals surface area contributed by atoms with Crippen molar-refractivity contribution in [3.63, 3.8) is 0 Å². The molecule has 0 saturated carbocycles. The van der Waals surface area contributed by atoms with E-state index in [0.29, 0.717) is 0 Å². The Hall–Kier alpha value is -1.59. The van der Waals surface area contributed by atoms with E-state index in [2.05, 4.69) is 9.79 Å². The van der Waals surface area contributed by atoms with Crippen molar-refractivity contribution in [2.45, 2.75) is 19.8 Å². The molecule has 0 radical (unpaired) electrons. The van der Waals surface area contributed by atoms with E-state index in [1.54, 1.807) is 11.7 Å². The smallest absolute Gasteiger partial charge is 0.256 e. The number of Topliss-reactive ketones (excluding diaryl/α,β-unsaturated/α-hetero) is 1. The van der Waals surface area contributed by atoms with Crippen LogP contribution < -0.4 is 9.80 Å². The topological polar surface area (TPSA) is 74.0 Å².